The lowest BCUT2D eigenvalue weighted by atomic mass is 9.76. The lowest BCUT2D eigenvalue weighted by Crippen LogP contribution is -2.46. The van der Waals surface area contributed by atoms with E-state index in [1.54, 1.807) is 22.5 Å². The fourth-order valence-electron chi connectivity index (χ4n) is 4.50. The standard InChI is InChI=1S/C22H23N3S2/c1-14-5-3-6-16-11-20-17(10-18(14)16)9-15(12-25(20)2)13-26-22-24-19-7-4-8-23-21(19)27-22/h3-9,17,20H,10-13H2,1-2H3/t17?,20-/m1/s1. The van der Waals surface area contributed by atoms with E-state index < -0.39 is 0 Å². The molecular formula is C22H23N3S2. The number of hydrogen-bond donors (Lipinski definition) is 0. The number of hydrogen-bond acceptors (Lipinski definition) is 5. The summed E-state index contributed by atoms with van der Waals surface area (Å²) in [5.74, 6) is 1.65. The summed E-state index contributed by atoms with van der Waals surface area (Å²) < 4.78 is 1.12. The Hall–Kier alpha value is -1.69. The van der Waals surface area contributed by atoms with Crippen molar-refractivity contribution in [2.24, 2.45) is 5.92 Å². The lowest BCUT2D eigenvalue weighted by Gasteiger charge is -2.42. The van der Waals surface area contributed by atoms with E-state index in [-0.39, 0.29) is 0 Å². The molecule has 0 radical (unpaired) electrons. The van der Waals surface area contributed by atoms with Gasteiger partial charge in [0, 0.05) is 24.5 Å². The molecule has 3 nitrogen and oxygen atoms in total. The summed E-state index contributed by atoms with van der Waals surface area (Å²) in [6.07, 6.45) is 6.77. The van der Waals surface area contributed by atoms with Gasteiger partial charge in [0.2, 0.25) is 0 Å². The Labute approximate surface area is 168 Å². The van der Waals surface area contributed by atoms with Crippen LogP contribution >= 0.6 is 23.1 Å². The van der Waals surface area contributed by atoms with Gasteiger partial charge in [0.05, 0.1) is 0 Å². The fourth-order valence-corrected chi connectivity index (χ4v) is 6.45. The highest BCUT2D eigenvalue weighted by molar-refractivity contribution is 8.01. The molecule has 1 aliphatic carbocycles. The number of likely N-dealkylation sites (N-methyl/N-ethyl adjacent to an activating group) is 1. The Balaban J connectivity index is 1.34. The maximum absolute atomic E-state index is 4.72. The first-order valence-electron chi connectivity index (χ1n) is 9.49. The molecule has 3 aromatic rings. The average Bonchev–Trinajstić information content (AvgIpc) is 3.09. The zero-order valence-electron chi connectivity index (χ0n) is 15.7. The highest BCUT2D eigenvalue weighted by Gasteiger charge is 2.33. The van der Waals surface area contributed by atoms with Gasteiger partial charge in [0.15, 0.2) is 4.34 Å². The second-order valence-corrected chi connectivity index (χ2v) is 9.89. The minimum absolute atomic E-state index is 0.630. The van der Waals surface area contributed by atoms with Crippen LogP contribution in [0.25, 0.3) is 10.3 Å². The van der Waals surface area contributed by atoms with Gasteiger partial charge in [-0.2, -0.15) is 0 Å². The normalized spacial score (nSPS) is 22.4. The number of aryl methyl sites for hydroxylation is 1. The molecule has 0 saturated heterocycles. The second-order valence-electron chi connectivity index (χ2n) is 7.69. The van der Waals surface area contributed by atoms with Crippen LogP contribution in [0.4, 0.5) is 0 Å². The van der Waals surface area contributed by atoms with E-state index in [1.165, 1.54) is 24.0 Å². The third-order valence-electron chi connectivity index (χ3n) is 5.87. The highest BCUT2D eigenvalue weighted by Crippen LogP contribution is 2.36. The zero-order chi connectivity index (χ0) is 18.4. The van der Waals surface area contributed by atoms with Crippen molar-refractivity contribution in [2.45, 2.75) is 30.1 Å². The van der Waals surface area contributed by atoms with Crippen LogP contribution in [0, 0.1) is 12.8 Å². The Morgan fingerprint density at radius 2 is 2.15 bits per heavy atom. The lowest BCUT2D eigenvalue weighted by molar-refractivity contribution is 0.185. The molecule has 3 heterocycles. The van der Waals surface area contributed by atoms with Gasteiger partial charge in [0.25, 0.3) is 0 Å². The second kappa shape index (κ2) is 7.04. The number of nitrogens with zero attached hydrogens (tertiary/aromatic N) is 3. The van der Waals surface area contributed by atoms with Crippen LogP contribution in [0.5, 0.6) is 0 Å². The van der Waals surface area contributed by atoms with Crippen molar-refractivity contribution in [1.82, 2.24) is 14.9 Å². The number of thioether (sulfide) groups is 1. The van der Waals surface area contributed by atoms with Gasteiger partial charge >= 0.3 is 0 Å². The summed E-state index contributed by atoms with van der Waals surface area (Å²) in [5, 5.41) is 0. The van der Waals surface area contributed by atoms with Gasteiger partial charge in [-0.1, -0.05) is 47.4 Å². The number of thiazole rings is 1. The van der Waals surface area contributed by atoms with E-state index in [9.17, 15) is 0 Å². The van der Waals surface area contributed by atoms with Crippen molar-refractivity contribution in [1.29, 1.82) is 0 Å². The van der Waals surface area contributed by atoms with Crippen LogP contribution in [0.3, 0.4) is 0 Å². The highest BCUT2D eigenvalue weighted by atomic mass is 32.2. The van der Waals surface area contributed by atoms with E-state index in [2.05, 4.69) is 48.1 Å². The zero-order valence-corrected chi connectivity index (χ0v) is 17.3. The van der Waals surface area contributed by atoms with Gasteiger partial charge < -0.3 is 0 Å². The van der Waals surface area contributed by atoms with Crippen LogP contribution in [0.15, 0.2) is 52.5 Å². The van der Waals surface area contributed by atoms with Crippen LogP contribution < -0.4 is 0 Å². The molecule has 27 heavy (non-hydrogen) atoms. The number of aromatic nitrogens is 2. The van der Waals surface area contributed by atoms with Crippen molar-refractivity contribution in [3.63, 3.8) is 0 Å². The monoisotopic (exact) mass is 393 g/mol. The molecule has 2 aromatic heterocycles. The van der Waals surface area contributed by atoms with Crippen molar-refractivity contribution in [3.8, 4) is 0 Å². The summed E-state index contributed by atoms with van der Waals surface area (Å²) in [5.41, 5.74) is 7.13. The Bertz CT molecular complexity index is 990. The van der Waals surface area contributed by atoms with Gasteiger partial charge in [0.1, 0.15) is 10.3 Å². The summed E-state index contributed by atoms with van der Waals surface area (Å²) in [4.78, 5) is 12.7. The first kappa shape index (κ1) is 17.4. The van der Waals surface area contributed by atoms with E-state index in [4.69, 9.17) is 4.98 Å². The van der Waals surface area contributed by atoms with Gasteiger partial charge in [-0.15, -0.1) is 0 Å². The van der Waals surface area contributed by atoms with Crippen LogP contribution in [0.1, 0.15) is 16.7 Å². The summed E-state index contributed by atoms with van der Waals surface area (Å²) >= 11 is 3.56. The molecule has 2 atom stereocenters. The summed E-state index contributed by atoms with van der Waals surface area (Å²) in [6.45, 7) is 3.33. The molecule has 1 aromatic carbocycles. The number of rotatable bonds is 3. The Morgan fingerprint density at radius 3 is 3.04 bits per heavy atom. The fraction of sp³-hybridized carbons (Fsp3) is 0.364. The summed E-state index contributed by atoms with van der Waals surface area (Å²) in [6, 6.07) is 11.4. The van der Waals surface area contributed by atoms with Crippen LogP contribution in [0.2, 0.25) is 0 Å². The molecule has 0 bridgehead atoms. The predicted octanol–water partition coefficient (Wildman–Crippen LogP) is 4.75. The van der Waals surface area contributed by atoms with E-state index >= 15 is 0 Å². The van der Waals surface area contributed by atoms with Crippen molar-refractivity contribution in [3.05, 3.63) is 64.9 Å². The molecule has 1 aliphatic heterocycles. The topological polar surface area (TPSA) is 29.0 Å². The maximum atomic E-state index is 4.72. The minimum Gasteiger partial charge on any atom is -0.299 e. The van der Waals surface area contributed by atoms with E-state index in [0.29, 0.717) is 12.0 Å². The van der Waals surface area contributed by atoms with Gasteiger partial charge in [-0.05, 0) is 67.1 Å². The maximum Gasteiger partial charge on any atom is 0.152 e. The first-order chi connectivity index (χ1) is 13.2. The van der Waals surface area contributed by atoms with Crippen molar-refractivity contribution < 1.29 is 0 Å². The van der Waals surface area contributed by atoms with Crippen molar-refractivity contribution in [2.75, 3.05) is 19.3 Å². The number of pyridine rings is 1. The largest absolute Gasteiger partial charge is 0.299 e. The number of benzene rings is 1. The molecule has 138 valence electrons. The molecule has 0 spiro atoms. The smallest absolute Gasteiger partial charge is 0.152 e. The quantitative estimate of drug-likeness (QED) is 0.474. The Kier molecular flexibility index (Phi) is 4.54. The SMILES string of the molecule is Cc1cccc2c1CC1C=C(CSc3nc4cccnc4s3)CN(C)[C@@H]1C2. The first-order valence-corrected chi connectivity index (χ1v) is 11.3. The third-order valence-corrected chi connectivity index (χ3v) is 8.10. The molecule has 5 rings (SSSR count). The molecule has 0 saturated carbocycles. The average molecular weight is 394 g/mol. The predicted molar refractivity (Wildman–Crippen MR) is 115 cm³/mol. The third kappa shape index (κ3) is 3.33. The molecule has 0 N–H and O–H groups in total. The van der Waals surface area contributed by atoms with E-state index in [1.807, 2.05) is 30.1 Å². The van der Waals surface area contributed by atoms with Crippen LogP contribution in [-0.4, -0.2) is 40.3 Å². The summed E-state index contributed by atoms with van der Waals surface area (Å²) in [7, 11) is 2.29. The van der Waals surface area contributed by atoms with Gasteiger partial charge in [-0.25, -0.2) is 9.97 Å². The van der Waals surface area contributed by atoms with Crippen LogP contribution in [-0.2, 0) is 12.8 Å². The Morgan fingerprint density at radius 1 is 1.22 bits per heavy atom. The molecule has 5 heteroatoms. The van der Waals surface area contributed by atoms with Crippen molar-refractivity contribution >= 4 is 33.4 Å². The molecular weight excluding hydrogens is 370 g/mol. The molecule has 0 amide bonds. The molecule has 2 aliphatic rings. The van der Waals surface area contributed by atoms with Gasteiger partial charge in [-0.3, -0.25) is 4.90 Å². The number of fused-ring (bicyclic) bond motifs is 3. The molecule has 1 unspecified atom stereocenters. The molecule has 0 fully saturated rings. The van der Waals surface area contributed by atoms with E-state index in [0.717, 1.165) is 27.0 Å². The minimum atomic E-state index is 0.630.